The number of fused-ring (bicyclic) bond motifs is 1. The number of hydrogen-bond acceptors (Lipinski definition) is 2. The predicted octanol–water partition coefficient (Wildman–Crippen LogP) is 4.13. The smallest absolute Gasteiger partial charge is 0.268 e. The van der Waals surface area contributed by atoms with Crippen LogP contribution in [0, 0.1) is 5.82 Å². The molecule has 0 unspecified atom stereocenters. The van der Waals surface area contributed by atoms with E-state index in [4.69, 9.17) is 11.6 Å². The van der Waals surface area contributed by atoms with Crippen molar-refractivity contribution in [3.8, 4) is 0 Å². The van der Waals surface area contributed by atoms with Gasteiger partial charge in [-0.25, -0.2) is 4.39 Å². The zero-order chi connectivity index (χ0) is 13.4. The first-order valence-electron chi connectivity index (χ1n) is 6.01. The molecular formula is C14H11ClFNOS. The lowest BCUT2D eigenvalue weighted by atomic mass is 10.0. The average Bonchev–Trinajstić information content (AvgIpc) is 2.83. The van der Waals surface area contributed by atoms with E-state index >= 15 is 0 Å². The summed E-state index contributed by atoms with van der Waals surface area (Å²) in [7, 11) is 0. The van der Waals surface area contributed by atoms with Crippen molar-refractivity contribution >= 4 is 34.5 Å². The Labute approximate surface area is 119 Å². The zero-order valence-electron chi connectivity index (χ0n) is 10.0. The van der Waals surface area contributed by atoms with Gasteiger partial charge in [0.1, 0.15) is 5.82 Å². The number of carbonyl (C=O) groups is 1. The first-order valence-corrected chi connectivity index (χ1v) is 7.20. The Morgan fingerprint density at radius 3 is 2.89 bits per heavy atom. The summed E-state index contributed by atoms with van der Waals surface area (Å²) in [4.78, 5) is 14.8. The van der Waals surface area contributed by atoms with E-state index in [2.05, 4.69) is 0 Å². The molecule has 0 spiro atoms. The maximum absolute atomic E-state index is 13.2. The lowest BCUT2D eigenvalue weighted by Crippen LogP contribution is -2.35. The van der Waals surface area contributed by atoms with Gasteiger partial charge in [-0.05, 0) is 48.7 Å². The maximum atomic E-state index is 13.2. The minimum Gasteiger partial charge on any atom is -0.307 e. The van der Waals surface area contributed by atoms with Gasteiger partial charge in [0.05, 0.1) is 9.21 Å². The molecule has 1 aliphatic heterocycles. The molecule has 0 fully saturated rings. The highest BCUT2D eigenvalue weighted by molar-refractivity contribution is 7.18. The van der Waals surface area contributed by atoms with E-state index in [9.17, 15) is 9.18 Å². The largest absolute Gasteiger partial charge is 0.307 e. The monoisotopic (exact) mass is 295 g/mol. The van der Waals surface area contributed by atoms with Gasteiger partial charge in [0.2, 0.25) is 0 Å². The molecule has 0 radical (unpaired) electrons. The van der Waals surface area contributed by atoms with Crippen molar-refractivity contribution in [2.45, 2.75) is 12.8 Å². The van der Waals surface area contributed by atoms with Crippen LogP contribution in [0.2, 0.25) is 4.34 Å². The standard InChI is InChI=1S/C14H11ClFNOS/c15-13-6-5-12(19-13)14(18)17-7-1-2-9-8-10(16)3-4-11(9)17/h3-6,8H,1-2,7H2. The topological polar surface area (TPSA) is 20.3 Å². The van der Waals surface area contributed by atoms with Gasteiger partial charge in [0.25, 0.3) is 5.91 Å². The van der Waals surface area contributed by atoms with Crippen LogP contribution in [0.1, 0.15) is 21.7 Å². The van der Waals surface area contributed by atoms with Gasteiger partial charge in [0.15, 0.2) is 0 Å². The molecule has 0 saturated carbocycles. The lowest BCUT2D eigenvalue weighted by molar-refractivity contribution is 0.0989. The van der Waals surface area contributed by atoms with Crippen LogP contribution in [0.4, 0.5) is 10.1 Å². The summed E-state index contributed by atoms with van der Waals surface area (Å²) in [6, 6.07) is 8.03. The fourth-order valence-electron chi connectivity index (χ4n) is 2.34. The number of nitrogens with zero attached hydrogens (tertiary/aromatic N) is 1. The number of benzene rings is 1. The van der Waals surface area contributed by atoms with Crippen molar-refractivity contribution in [1.82, 2.24) is 0 Å². The first-order chi connectivity index (χ1) is 9.15. The highest BCUT2D eigenvalue weighted by Gasteiger charge is 2.24. The van der Waals surface area contributed by atoms with Crippen LogP contribution in [0.25, 0.3) is 0 Å². The third-order valence-corrected chi connectivity index (χ3v) is 4.41. The molecule has 1 aromatic carbocycles. The summed E-state index contributed by atoms with van der Waals surface area (Å²) in [5.74, 6) is -0.323. The van der Waals surface area contributed by atoms with Gasteiger partial charge in [0, 0.05) is 12.2 Å². The molecule has 3 rings (SSSR count). The van der Waals surface area contributed by atoms with Crippen molar-refractivity contribution in [2.75, 3.05) is 11.4 Å². The molecule has 98 valence electrons. The Morgan fingerprint density at radius 2 is 2.16 bits per heavy atom. The second-order valence-corrected chi connectivity index (χ2v) is 6.15. The lowest BCUT2D eigenvalue weighted by Gasteiger charge is -2.29. The Bertz CT molecular complexity index is 640. The van der Waals surface area contributed by atoms with Crippen LogP contribution in [-0.4, -0.2) is 12.5 Å². The molecule has 0 atom stereocenters. The van der Waals surface area contributed by atoms with Gasteiger partial charge in [-0.1, -0.05) is 11.6 Å². The quantitative estimate of drug-likeness (QED) is 0.774. The van der Waals surface area contributed by atoms with Gasteiger partial charge in [-0.2, -0.15) is 0 Å². The van der Waals surface area contributed by atoms with Crippen molar-refractivity contribution < 1.29 is 9.18 Å². The van der Waals surface area contributed by atoms with E-state index in [1.54, 1.807) is 23.1 Å². The predicted molar refractivity (Wildman–Crippen MR) is 75.7 cm³/mol. The minimum atomic E-state index is -0.257. The van der Waals surface area contributed by atoms with Gasteiger partial charge in [-0.3, -0.25) is 4.79 Å². The molecule has 0 bridgehead atoms. The third kappa shape index (κ3) is 2.38. The van der Waals surface area contributed by atoms with Crippen molar-refractivity contribution in [3.63, 3.8) is 0 Å². The van der Waals surface area contributed by atoms with Crippen molar-refractivity contribution in [1.29, 1.82) is 0 Å². The van der Waals surface area contributed by atoms with Crippen LogP contribution >= 0.6 is 22.9 Å². The summed E-state index contributed by atoms with van der Waals surface area (Å²) < 4.78 is 13.8. The molecule has 0 aliphatic carbocycles. The van der Waals surface area contributed by atoms with Crippen LogP contribution in [0.3, 0.4) is 0 Å². The van der Waals surface area contributed by atoms with Crippen molar-refractivity contribution in [2.24, 2.45) is 0 Å². The zero-order valence-corrected chi connectivity index (χ0v) is 11.6. The second kappa shape index (κ2) is 4.94. The summed E-state index contributed by atoms with van der Waals surface area (Å²) in [5, 5.41) is 0. The minimum absolute atomic E-state index is 0.0653. The highest BCUT2D eigenvalue weighted by atomic mass is 35.5. The normalized spacial score (nSPS) is 14.3. The Balaban J connectivity index is 1.97. The Morgan fingerprint density at radius 1 is 1.32 bits per heavy atom. The van der Waals surface area contributed by atoms with Crippen LogP contribution in [0.5, 0.6) is 0 Å². The summed E-state index contributed by atoms with van der Waals surface area (Å²) in [5.41, 5.74) is 1.70. The number of anilines is 1. The molecule has 0 saturated heterocycles. The summed E-state index contributed by atoms with van der Waals surface area (Å²) in [6.45, 7) is 0.660. The summed E-state index contributed by atoms with van der Waals surface area (Å²) >= 11 is 7.13. The van der Waals surface area contributed by atoms with E-state index < -0.39 is 0 Å². The van der Waals surface area contributed by atoms with E-state index in [1.807, 2.05) is 0 Å². The SMILES string of the molecule is O=C(c1ccc(Cl)s1)N1CCCc2cc(F)ccc21. The maximum Gasteiger partial charge on any atom is 0.268 e. The number of aryl methyl sites for hydroxylation is 1. The van der Waals surface area contributed by atoms with Crippen LogP contribution in [-0.2, 0) is 6.42 Å². The molecule has 2 aromatic rings. The van der Waals surface area contributed by atoms with E-state index in [0.29, 0.717) is 15.8 Å². The molecule has 1 aliphatic rings. The molecule has 19 heavy (non-hydrogen) atoms. The molecule has 5 heteroatoms. The number of hydrogen-bond donors (Lipinski definition) is 0. The van der Waals surface area contributed by atoms with Crippen molar-refractivity contribution in [3.05, 3.63) is 50.9 Å². The van der Waals surface area contributed by atoms with E-state index in [0.717, 1.165) is 24.1 Å². The summed E-state index contributed by atoms with van der Waals surface area (Å²) in [6.07, 6.45) is 1.66. The van der Waals surface area contributed by atoms with Crippen LogP contribution < -0.4 is 4.90 Å². The fraction of sp³-hybridized carbons (Fsp3) is 0.214. The highest BCUT2D eigenvalue weighted by Crippen LogP contribution is 2.31. The van der Waals surface area contributed by atoms with E-state index in [-0.39, 0.29) is 11.7 Å². The second-order valence-electron chi connectivity index (χ2n) is 4.44. The number of rotatable bonds is 1. The molecular weight excluding hydrogens is 285 g/mol. The molecule has 1 amide bonds. The average molecular weight is 296 g/mol. The Hall–Kier alpha value is -1.39. The molecule has 0 N–H and O–H groups in total. The first kappa shape index (κ1) is 12.6. The molecule has 1 aromatic heterocycles. The number of amides is 1. The Kier molecular flexibility index (Phi) is 3.29. The number of halogens is 2. The van der Waals surface area contributed by atoms with Crippen LogP contribution in [0.15, 0.2) is 30.3 Å². The van der Waals surface area contributed by atoms with Gasteiger partial charge >= 0.3 is 0 Å². The number of carbonyl (C=O) groups excluding carboxylic acids is 1. The van der Waals surface area contributed by atoms with Gasteiger partial charge < -0.3 is 4.90 Å². The number of thiophene rings is 1. The third-order valence-electron chi connectivity index (χ3n) is 3.19. The molecule has 2 heterocycles. The fourth-order valence-corrected chi connectivity index (χ4v) is 3.33. The molecule has 2 nitrogen and oxygen atoms in total. The van der Waals surface area contributed by atoms with E-state index in [1.165, 1.54) is 23.5 Å². The van der Waals surface area contributed by atoms with Gasteiger partial charge in [-0.15, -0.1) is 11.3 Å².